The van der Waals surface area contributed by atoms with Crippen LogP contribution in [0.2, 0.25) is 0 Å². The number of rotatable bonds is 2. The van der Waals surface area contributed by atoms with Gasteiger partial charge in [0.25, 0.3) is 0 Å². The second-order valence-electron chi connectivity index (χ2n) is 1.39. The van der Waals surface area contributed by atoms with Crippen molar-refractivity contribution in [3.05, 3.63) is 17.5 Å². The second-order valence-corrected chi connectivity index (χ2v) is 2.30. The first-order chi connectivity index (χ1) is 4.43. The van der Waals surface area contributed by atoms with Crippen LogP contribution < -0.4 is 4.84 Å². The molecule has 0 N–H and O–H groups in total. The SMILES string of the molecule is CC=NOc1cccs1. The van der Waals surface area contributed by atoms with Crippen LogP contribution in [0.5, 0.6) is 5.06 Å². The van der Waals surface area contributed by atoms with Crippen LogP contribution in [0.1, 0.15) is 6.92 Å². The average Bonchev–Trinajstić information content (AvgIpc) is 2.34. The van der Waals surface area contributed by atoms with E-state index in [9.17, 15) is 0 Å². The molecule has 0 bridgehead atoms. The van der Waals surface area contributed by atoms with E-state index in [1.165, 1.54) is 11.3 Å². The molecule has 0 aromatic carbocycles. The van der Waals surface area contributed by atoms with Crippen molar-refractivity contribution in [3.63, 3.8) is 0 Å². The number of thiophene rings is 1. The molecule has 0 radical (unpaired) electrons. The molecule has 0 aliphatic rings. The van der Waals surface area contributed by atoms with Gasteiger partial charge in [-0.2, -0.15) is 0 Å². The van der Waals surface area contributed by atoms with Crippen LogP contribution in [0.4, 0.5) is 0 Å². The minimum absolute atomic E-state index is 0.827. The third kappa shape index (κ3) is 1.85. The lowest BCUT2D eigenvalue weighted by Crippen LogP contribution is -1.76. The second kappa shape index (κ2) is 3.25. The van der Waals surface area contributed by atoms with E-state index in [0.29, 0.717) is 0 Å². The Hall–Kier alpha value is -0.830. The largest absolute Gasteiger partial charge is 0.346 e. The Balaban J connectivity index is 2.48. The number of hydrogen-bond acceptors (Lipinski definition) is 3. The predicted octanol–water partition coefficient (Wildman–Crippen LogP) is 2.13. The highest BCUT2D eigenvalue weighted by Crippen LogP contribution is 2.17. The summed E-state index contributed by atoms with van der Waals surface area (Å²) in [5, 5.41) is 6.37. The molecule has 0 aliphatic heterocycles. The normalized spacial score (nSPS) is 10.3. The average molecular weight is 141 g/mol. The van der Waals surface area contributed by atoms with E-state index < -0.39 is 0 Å². The molecule has 0 saturated carbocycles. The van der Waals surface area contributed by atoms with Crippen molar-refractivity contribution in [2.45, 2.75) is 6.92 Å². The summed E-state index contributed by atoms with van der Waals surface area (Å²) in [7, 11) is 0. The first-order valence-electron chi connectivity index (χ1n) is 2.62. The van der Waals surface area contributed by atoms with E-state index >= 15 is 0 Å². The van der Waals surface area contributed by atoms with Crippen LogP contribution in [0.15, 0.2) is 22.7 Å². The van der Waals surface area contributed by atoms with Gasteiger partial charge in [0.15, 0.2) is 0 Å². The molecule has 1 aromatic rings. The molecule has 48 valence electrons. The quantitative estimate of drug-likeness (QED) is 0.456. The Bertz CT molecular complexity index is 181. The minimum atomic E-state index is 0.827. The molecule has 0 unspecified atom stereocenters. The van der Waals surface area contributed by atoms with Gasteiger partial charge in [-0.05, 0) is 24.4 Å². The number of oxime groups is 1. The number of nitrogens with zero attached hydrogens (tertiary/aromatic N) is 1. The van der Waals surface area contributed by atoms with Crippen LogP contribution >= 0.6 is 11.3 Å². The summed E-state index contributed by atoms with van der Waals surface area (Å²) in [5.41, 5.74) is 0. The molecule has 9 heavy (non-hydrogen) atoms. The summed E-state index contributed by atoms with van der Waals surface area (Å²) in [6.07, 6.45) is 1.61. The van der Waals surface area contributed by atoms with Gasteiger partial charge in [-0.3, -0.25) is 0 Å². The van der Waals surface area contributed by atoms with Crippen molar-refractivity contribution in [3.8, 4) is 5.06 Å². The Labute approximate surface area is 57.8 Å². The van der Waals surface area contributed by atoms with Crippen LogP contribution in [0, 0.1) is 0 Å². The summed E-state index contributed by atoms with van der Waals surface area (Å²) in [6.45, 7) is 1.81. The van der Waals surface area contributed by atoms with E-state index in [-0.39, 0.29) is 0 Å². The van der Waals surface area contributed by atoms with E-state index in [2.05, 4.69) is 5.16 Å². The maximum absolute atomic E-state index is 4.88. The highest BCUT2D eigenvalue weighted by molar-refractivity contribution is 7.11. The van der Waals surface area contributed by atoms with Crippen LogP contribution in [-0.4, -0.2) is 6.21 Å². The van der Waals surface area contributed by atoms with Gasteiger partial charge >= 0.3 is 0 Å². The highest BCUT2D eigenvalue weighted by atomic mass is 32.1. The Morgan fingerprint density at radius 2 is 2.67 bits per heavy atom. The third-order valence-electron chi connectivity index (χ3n) is 0.743. The molecule has 0 aliphatic carbocycles. The topological polar surface area (TPSA) is 21.6 Å². The Kier molecular flexibility index (Phi) is 2.27. The van der Waals surface area contributed by atoms with Crippen molar-refractivity contribution in [2.75, 3.05) is 0 Å². The van der Waals surface area contributed by atoms with Crippen molar-refractivity contribution in [1.29, 1.82) is 0 Å². The molecule has 0 amide bonds. The van der Waals surface area contributed by atoms with Crippen LogP contribution in [0.3, 0.4) is 0 Å². The maximum atomic E-state index is 4.88. The fraction of sp³-hybridized carbons (Fsp3) is 0.167. The molecular weight excluding hydrogens is 134 g/mol. The van der Waals surface area contributed by atoms with Crippen LogP contribution in [-0.2, 0) is 0 Å². The van der Waals surface area contributed by atoms with Gasteiger partial charge in [-0.15, -0.1) is 11.3 Å². The molecule has 1 heterocycles. The van der Waals surface area contributed by atoms with Crippen LogP contribution in [0.25, 0.3) is 0 Å². The zero-order chi connectivity index (χ0) is 6.53. The van der Waals surface area contributed by atoms with Gasteiger partial charge in [-0.1, -0.05) is 5.16 Å². The van der Waals surface area contributed by atoms with Crippen molar-refractivity contribution >= 4 is 17.6 Å². The molecule has 0 atom stereocenters. The molecule has 0 saturated heterocycles. The Morgan fingerprint density at radius 1 is 1.78 bits per heavy atom. The van der Waals surface area contributed by atoms with Crippen molar-refractivity contribution in [2.24, 2.45) is 5.16 Å². The fourth-order valence-corrected chi connectivity index (χ4v) is 0.955. The first kappa shape index (κ1) is 6.29. The van der Waals surface area contributed by atoms with E-state index in [1.54, 1.807) is 6.21 Å². The number of hydrogen-bond donors (Lipinski definition) is 0. The highest BCUT2D eigenvalue weighted by Gasteiger charge is 1.87. The lowest BCUT2D eigenvalue weighted by Gasteiger charge is -1.87. The van der Waals surface area contributed by atoms with Gasteiger partial charge < -0.3 is 4.84 Å². The molecule has 3 heteroatoms. The lowest BCUT2D eigenvalue weighted by atomic mass is 10.7. The smallest absolute Gasteiger partial charge is 0.211 e. The zero-order valence-corrected chi connectivity index (χ0v) is 5.89. The van der Waals surface area contributed by atoms with Gasteiger partial charge in [0, 0.05) is 6.21 Å². The molecule has 1 aromatic heterocycles. The summed E-state index contributed by atoms with van der Waals surface area (Å²) in [5.74, 6) is 0. The van der Waals surface area contributed by atoms with Gasteiger partial charge in [0.1, 0.15) is 0 Å². The van der Waals surface area contributed by atoms with E-state index in [1.807, 2.05) is 24.4 Å². The maximum Gasteiger partial charge on any atom is 0.211 e. The minimum Gasteiger partial charge on any atom is -0.346 e. The predicted molar refractivity (Wildman–Crippen MR) is 39.1 cm³/mol. The summed E-state index contributed by atoms with van der Waals surface area (Å²) < 4.78 is 0. The molecular formula is C6H7NOS. The monoisotopic (exact) mass is 141 g/mol. The summed E-state index contributed by atoms with van der Waals surface area (Å²) in [6, 6.07) is 3.79. The third-order valence-corrected chi connectivity index (χ3v) is 1.48. The van der Waals surface area contributed by atoms with E-state index in [0.717, 1.165) is 5.06 Å². The molecule has 0 fully saturated rings. The van der Waals surface area contributed by atoms with E-state index in [4.69, 9.17) is 4.84 Å². The first-order valence-corrected chi connectivity index (χ1v) is 3.50. The van der Waals surface area contributed by atoms with Crippen molar-refractivity contribution in [1.82, 2.24) is 0 Å². The molecule has 0 spiro atoms. The molecule has 2 nitrogen and oxygen atoms in total. The fourth-order valence-electron chi connectivity index (χ4n) is 0.420. The van der Waals surface area contributed by atoms with Gasteiger partial charge in [-0.25, -0.2) is 0 Å². The van der Waals surface area contributed by atoms with Crippen molar-refractivity contribution < 1.29 is 4.84 Å². The zero-order valence-electron chi connectivity index (χ0n) is 5.07. The lowest BCUT2D eigenvalue weighted by molar-refractivity contribution is 0.354. The summed E-state index contributed by atoms with van der Waals surface area (Å²) >= 11 is 1.53. The van der Waals surface area contributed by atoms with Gasteiger partial charge in [0.05, 0.1) is 0 Å². The Morgan fingerprint density at radius 3 is 3.22 bits per heavy atom. The standard InChI is InChI=1S/C6H7NOS/c1-2-7-8-6-4-3-5-9-6/h2-5H,1H3. The van der Waals surface area contributed by atoms with Gasteiger partial charge in [0.2, 0.25) is 5.06 Å². The summed E-state index contributed by atoms with van der Waals surface area (Å²) in [4.78, 5) is 4.88. The molecule has 1 rings (SSSR count).